The molecule has 1 aliphatic rings. The maximum atomic E-state index is 14.8. The largest absolute Gasteiger partial charge is 0.352 e. The quantitative estimate of drug-likeness (QED) is 0.163. The summed E-state index contributed by atoms with van der Waals surface area (Å²) in [5.74, 6) is -0.831. The van der Waals surface area contributed by atoms with E-state index in [4.69, 9.17) is 23.2 Å². The second-order valence-corrected chi connectivity index (χ2v) is 15.3. The molecule has 0 spiro atoms. The van der Waals surface area contributed by atoms with Crippen molar-refractivity contribution in [2.24, 2.45) is 0 Å². The minimum Gasteiger partial charge on any atom is -0.352 e. The zero-order chi connectivity index (χ0) is 34.4. The lowest BCUT2D eigenvalue weighted by Gasteiger charge is -2.35. The van der Waals surface area contributed by atoms with E-state index >= 15 is 0 Å². The van der Waals surface area contributed by atoms with Crippen LogP contribution in [0.3, 0.4) is 0 Å². The SMILES string of the molecule is Cc1ccc(S(=O)(=O)N(CC(=O)N(Cc2ccc(Cl)cc2Cl)[C@H](Cc2ccccc2)C(=O)NC2CCCC2)c2ccc(C)cc2C)cc1. The van der Waals surface area contributed by atoms with Crippen molar-refractivity contribution < 1.29 is 18.0 Å². The van der Waals surface area contributed by atoms with Crippen molar-refractivity contribution in [1.82, 2.24) is 10.2 Å². The summed E-state index contributed by atoms with van der Waals surface area (Å²) in [6.45, 7) is 5.06. The smallest absolute Gasteiger partial charge is 0.264 e. The number of carbonyl (C=O) groups is 2. The second kappa shape index (κ2) is 15.6. The molecule has 2 amide bonds. The Kier molecular flexibility index (Phi) is 11.5. The third-order valence-electron chi connectivity index (χ3n) is 8.84. The Morgan fingerprint density at radius 2 is 1.52 bits per heavy atom. The van der Waals surface area contributed by atoms with Gasteiger partial charge in [0.15, 0.2) is 0 Å². The molecular formula is C38H41Cl2N3O4S. The predicted molar refractivity (Wildman–Crippen MR) is 193 cm³/mol. The molecular weight excluding hydrogens is 665 g/mol. The van der Waals surface area contributed by atoms with Gasteiger partial charge in [0.2, 0.25) is 11.8 Å². The highest BCUT2D eigenvalue weighted by Gasteiger charge is 2.36. The van der Waals surface area contributed by atoms with Crippen molar-refractivity contribution in [3.8, 4) is 0 Å². The van der Waals surface area contributed by atoms with Crippen LogP contribution in [-0.4, -0.2) is 43.8 Å². The molecule has 4 aromatic carbocycles. The number of hydrogen-bond acceptors (Lipinski definition) is 4. The number of hydrogen-bond donors (Lipinski definition) is 1. The van der Waals surface area contributed by atoms with E-state index in [1.165, 1.54) is 4.90 Å². The molecule has 1 atom stereocenters. The van der Waals surface area contributed by atoms with Crippen molar-refractivity contribution in [1.29, 1.82) is 0 Å². The van der Waals surface area contributed by atoms with Gasteiger partial charge >= 0.3 is 0 Å². The van der Waals surface area contributed by atoms with Gasteiger partial charge in [-0.15, -0.1) is 0 Å². The van der Waals surface area contributed by atoms with Crippen LogP contribution >= 0.6 is 23.2 Å². The Labute approximate surface area is 293 Å². The fourth-order valence-corrected chi connectivity index (χ4v) is 8.14. The monoisotopic (exact) mass is 705 g/mol. The van der Waals surface area contributed by atoms with Gasteiger partial charge in [0.1, 0.15) is 12.6 Å². The van der Waals surface area contributed by atoms with Gasteiger partial charge in [0.25, 0.3) is 10.0 Å². The molecule has 252 valence electrons. The molecule has 4 aromatic rings. The number of anilines is 1. The first kappa shape index (κ1) is 35.5. The number of amides is 2. The van der Waals surface area contributed by atoms with Crippen LogP contribution in [0.15, 0.2) is 95.9 Å². The van der Waals surface area contributed by atoms with Crippen molar-refractivity contribution in [3.05, 3.63) is 129 Å². The van der Waals surface area contributed by atoms with Gasteiger partial charge in [0.05, 0.1) is 10.6 Å². The van der Waals surface area contributed by atoms with E-state index in [2.05, 4.69) is 5.32 Å². The van der Waals surface area contributed by atoms with E-state index in [1.807, 2.05) is 63.2 Å². The molecule has 1 saturated carbocycles. The number of aryl methyl sites for hydroxylation is 3. The lowest BCUT2D eigenvalue weighted by Crippen LogP contribution is -2.54. The van der Waals surface area contributed by atoms with Crippen molar-refractivity contribution in [2.45, 2.75) is 76.4 Å². The van der Waals surface area contributed by atoms with Crippen LogP contribution in [0, 0.1) is 20.8 Å². The van der Waals surface area contributed by atoms with Gasteiger partial charge in [0, 0.05) is 29.1 Å². The standard InChI is InChI=1S/C38H41Cl2N3O4S/c1-26-13-18-33(19-14-26)48(46,47)43(35-20-15-27(2)21-28(35)3)25-37(44)42(24-30-16-17-31(39)23-34(30)40)36(22-29-9-5-4-6-10-29)38(45)41-32-11-7-8-12-32/h4-6,9-10,13-21,23,32,36H,7-8,11-12,22,24-25H2,1-3H3,(H,41,45)/t36-/m1/s1. The number of nitrogens with one attached hydrogen (secondary N) is 1. The Bertz CT molecular complexity index is 1860. The molecule has 0 aliphatic heterocycles. The third-order valence-corrected chi connectivity index (χ3v) is 11.2. The molecule has 0 saturated heterocycles. The van der Waals surface area contributed by atoms with Crippen LogP contribution in [0.25, 0.3) is 0 Å². The summed E-state index contributed by atoms with van der Waals surface area (Å²) in [7, 11) is -4.20. The first-order valence-corrected chi connectivity index (χ1v) is 18.4. The molecule has 0 radical (unpaired) electrons. The van der Waals surface area contributed by atoms with Crippen LogP contribution in [0.2, 0.25) is 10.0 Å². The van der Waals surface area contributed by atoms with E-state index in [-0.39, 0.29) is 29.8 Å². The van der Waals surface area contributed by atoms with Crippen LogP contribution in [0.1, 0.15) is 53.5 Å². The third kappa shape index (κ3) is 8.59. The van der Waals surface area contributed by atoms with Crippen molar-refractivity contribution >= 4 is 50.7 Å². The van der Waals surface area contributed by atoms with Gasteiger partial charge in [-0.2, -0.15) is 0 Å². The van der Waals surface area contributed by atoms with Crippen molar-refractivity contribution in [3.63, 3.8) is 0 Å². The molecule has 0 aromatic heterocycles. The molecule has 0 heterocycles. The number of benzene rings is 4. The van der Waals surface area contributed by atoms with E-state index in [1.54, 1.807) is 48.5 Å². The molecule has 0 unspecified atom stereocenters. The van der Waals surface area contributed by atoms with Gasteiger partial charge in [-0.1, -0.05) is 108 Å². The molecule has 5 rings (SSSR count). The normalized spacial score (nSPS) is 14.0. The highest BCUT2D eigenvalue weighted by molar-refractivity contribution is 7.92. The summed E-state index contributed by atoms with van der Waals surface area (Å²) < 4.78 is 29.9. The van der Waals surface area contributed by atoms with E-state index in [0.717, 1.165) is 46.7 Å². The Balaban J connectivity index is 1.60. The second-order valence-electron chi connectivity index (χ2n) is 12.6. The average molecular weight is 707 g/mol. The van der Waals surface area contributed by atoms with Crippen LogP contribution < -0.4 is 9.62 Å². The number of sulfonamides is 1. The summed E-state index contributed by atoms with van der Waals surface area (Å²) >= 11 is 12.8. The van der Waals surface area contributed by atoms with E-state index in [9.17, 15) is 18.0 Å². The maximum Gasteiger partial charge on any atom is 0.264 e. The van der Waals surface area contributed by atoms with Gasteiger partial charge in [-0.25, -0.2) is 8.42 Å². The van der Waals surface area contributed by atoms with Gasteiger partial charge in [-0.05, 0) is 80.6 Å². The fourth-order valence-electron chi connectivity index (χ4n) is 6.19. The number of halogens is 2. The first-order valence-electron chi connectivity index (χ1n) is 16.2. The molecule has 1 aliphatic carbocycles. The molecule has 1 fully saturated rings. The topological polar surface area (TPSA) is 86.8 Å². The molecule has 48 heavy (non-hydrogen) atoms. The van der Waals surface area contributed by atoms with E-state index in [0.29, 0.717) is 26.9 Å². The summed E-state index contributed by atoms with van der Waals surface area (Å²) in [5.41, 5.74) is 4.40. The van der Waals surface area contributed by atoms with Gasteiger partial charge < -0.3 is 10.2 Å². The zero-order valence-electron chi connectivity index (χ0n) is 27.5. The zero-order valence-corrected chi connectivity index (χ0v) is 29.8. The lowest BCUT2D eigenvalue weighted by molar-refractivity contribution is -0.140. The van der Waals surface area contributed by atoms with Crippen LogP contribution in [-0.2, 0) is 32.6 Å². The highest BCUT2D eigenvalue weighted by atomic mass is 35.5. The van der Waals surface area contributed by atoms with Gasteiger partial charge in [-0.3, -0.25) is 13.9 Å². The molecule has 10 heteroatoms. The average Bonchev–Trinajstić information content (AvgIpc) is 3.56. The molecule has 0 bridgehead atoms. The number of rotatable bonds is 12. The maximum absolute atomic E-state index is 14.8. The summed E-state index contributed by atoms with van der Waals surface area (Å²) in [6.07, 6.45) is 4.02. The van der Waals surface area contributed by atoms with E-state index < -0.39 is 28.5 Å². The van der Waals surface area contributed by atoms with Crippen LogP contribution in [0.4, 0.5) is 5.69 Å². The predicted octanol–water partition coefficient (Wildman–Crippen LogP) is 7.81. The molecule has 7 nitrogen and oxygen atoms in total. The molecule has 1 N–H and O–H groups in total. The summed E-state index contributed by atoms with van der Waals surface area (Å²) in [5, 5.41) is 3.96. The number of nitrogens with zero attached hydrogens (tertiary/aromatic N) is 2. The first-order chi connectivity index (χ1) is 22.9. The number of carbonyl (C=O) groups excluding carboxylic acids is 2. The lowest BCUT2D eigenvalue weighted by atomic mass is 10.0. The Hall–Kier alpha value is -3.85. The minimum absolute atomic E-state index is 0.0143. The van der Waals surface area contributed by atoms with Crippen molar-refractivity contribution in [2.75, 3.05) is 10.8 Å². The fraction of sp³-hybridized carbons (Fsp3) is 0.316. The summed E-state index contributed by atoms with van der Waals surface area (Å²) in [4.78, 5) is 30.5. The Morgan fingerprint density at radius 3 is 2.17 bits per heavy atom. The highest BCUT2D eigenvalue weighted by Crippen LogP contribution is 2.30. The summed E-state index contributed by atoms with van der Waals surface area (Å²) in [6, 6.07) is 25.5. The van der Waals surface area contributed by atoms with Crippen LogP contribution in [0.5, 0.6) is 0 Å². The minimum atomic E-state index is -4.20. The Morgan fingerprint density at radius 1 is 0.854 bits per heavy atom.